The van der Waals surface area contributed by atoms with Crippen molar-refractivity contribution in [2.45, 2.75) is 187 Å². The van der Waals surface area contributed by atoms with Gasteiger partial charge in [-0.1, -0.05) is 154 Å². The van der Waals surface area contributed by atoms with Crippen LogP contribution in [0.3, 0.4) is 0 Å². The molecule has 0 aliphatic rings. The topological polar surface area (TPSA) is 132 Å². The van der Waals surface area contributed by atoms with Gasteiger partial charge in [-0.2, -0.15) is 0 Å². The van der Waals surface area contributed by atoms with Crippen molar-refractivity contribution in [3.63, 3.8) is 0 Å². The minimum Gasteiger partial charge on any atom is -0.457 e. The fourth-order valence-corrected chi connectivity index (χ4v) is 6.10. The molecular weight excluding hydrogens is 643 g/mol. The monoisotopic (exact) mass is 719 g/mol. The van der Waals surface area contributed by atoms with E-state index in [1.54, 1.807) is 0 Å². The molecule has 0 fully saturated rings. The summed E-state index contributed by atoms with van der Waals surface area (Å²) in [5.41, 5.74) is 0. The Labute approximate surface area is 300 Å². The number of unbranched alkanes of at least 4 members (excludes halogenated alkanes) is 20. The fourth-order valence-electron chi connectivity index (χ4n) is 5.31. The van der Waals surface area contributed by atoms with E-state index in [0.717, 1.165) is 57.8 Å². The van der Waals surface area contributed by atoms with E-state index in [9.17, 15) is 19.4 Å². The number of esters is 1. The van der Waals surface area contributed by atoms with Crippen LogP contribution in [0.15, 0.2) is 24.3 Å². The van der Waals surface area contributed by atoms with Crippen molar-refractivity contribution in [2.24, 2.45) is 0 Å². The number of hydrogen-bond acceptors (Lipinski definition) is 8. The van der Waals surface area contributed by atoms with Crippen molar-refractivity contribution >= 4 is 13.8 Å². The Morgan fingerprint density at radius 1 is 0.633 bits per heavy atom. The SMILES string of the molecule is CCCC/C=C\C/C=C\CCCCCCCC(=O)O[C@H](COCCCCCCCCCCCCCCCC)COP(=O)(O)OC[C@@H](O)CO. The zero-order valence-electron chi connectivity index (χ0n) is 31.4. The van der Waals surface area contributed by atoms with Crippen LogP contribution in [0.25, 0.3) is 0 Å². The molecule has 9 nitrogen and oxygen atoms in total. The first kappa shape index (κ1) is 47.9. The normalized spacial score (nSPS) is 14.5. The first-order chi connectivity index (χ1) is 23.8. The van der Waals surface area contributed by atoms with Crippen LogP contribution in [0.4, 0.5) is 0 Å². The summed E-state index contributed by atoms with van der Waals surface area (Å²) in [6.45, 7) is 3.47. The van der Waals surface area contributed by atoms with E-state index in [4.69, 9.17) is 23.6 Å². The van der Waals surface area contributed by atoms with E-state index in [1.165, 1.54) is 89.9 Å². The average Bonchev–Trinajstić information content (AvgIpc) is 3.09. The van der Waals surface area contributed by atoms with Crippen LogP contribution in [-0.2, 0) is 27.9 Å². The number of phosphoric ester groups is 1. The summed E-state index contributed by atoms with van der Waals surface area (Å²) in [7, 11) is -4.51. The first-order valence-electron chi connectivity index (χ1n) is 19.8. The molecule has 3 atom stereocenters. The molecular formula is C39H75O9P. The van der Waals surface area contributed by atoms with Gasteiger partial charge in [0.15, 0.2) is 0 Å². The van der Waals surface area contributed by atoms with Gasteiger partial charge in [0.1, 0.15) is 12.2 Å². The van der Waals surface area contributed by atoms with Crippen molar-refractivity contribution in [3.8, 4) is 0 Å². The zero-order chi connectivity index (χ0) is 36.1. The number of carbonyl (C=O) groups is 1. The number of aliphatic hydroxyl groups excluding tert-OH is 2. The largest absolute Gasteiger partial charge is 0.472 e. The summed E-state index contributed by atoms with van der Waals surface area (Å²) in [6, 6.07) is 0. The lowest BCUT2D eigenvalue weighted by molar-refractivity contribution is -0.154. The highest BCUT2D eigenvalue weighted by atomic mass is 31.2. The van der Waals surface area contributed by atoms with Crippen LogP contribution in [-0.4, -0.2) is 66.3 Å². The Bertz CT molecular complexity index is 820. The molecule has 0 heterocycles. The van der Waals surface area contributed by atoms with E-state index in [2.05, 4.69) is 38.2 Å². The Balaban J connectivity index is 4.23. The molecule has 10 heteroatoms. The predicted molar refractivity (Wildman–Crippen MR) is 201 cm³/mol. The maximum absolute atomic E-state index is 12.6. The molecule has 0 amide bonds. The molecule has 0 saturated carbocycles. The third kappa shape index (κ3) is 36.5. The summed E-state index contributed by atoms with van der Waals surface area (Å²) in [5, 5.41) is 18.3. The number of phosphoric acid groups is 1. The third-order valence-corrected chi connectivity index (χ3v) is 9.34. The zero-order valence-corrected chi connectivity index (χ0v) is 32.3. The lowest BCUT2D eigenvalue weighted by Crippen LogP contribution is -2.29. The van der Waals surface area contributed by atoms with Crippen LogP contribution in [0.1, 0.15) is 174 Å². The minimum atomic E-state index is -4.51. The molecule has 0 radical (unpaired) electrons. The van der Waals surface area contributed by atoms with Gasteiger partial charge in [-0.15, -0.1) is 0 Å². The molecule has 0 aliphatic heterocycles. The maximum atomic E-state index is 12.6. The van der Waals surface area contributed by atoms with Gasteiger partial charge >= 0.3 is 13.8 Å². The number of ether oxygens (including phenoxy) is 2. The smallest absolute Gasteiger partial charge is 0.457 e. The van der Waals surface area contributed by atoms with E-state index in [1.807, 2.05) is 0 Å². The van der Waals surface area contributed by atoms with E-state index < -0.39 is 39.2 Å². The molecule has 49 heavy (non-hydrogen) atoms. The molecule has 1 unspecified atom stereocenters. The van der Waals surface area contributed by atoms with Gasteiger partial charge in [-0.25, -0.2) is 4.57 Å². The van der Waals surface area contributed by atoms with Crippen LogP contribution in [0.2, 0.25) is 0 Å². The number of hydrogen-bond donors (Lipinski definition) is 3. The first-order valence-corrected chi connectivity index (χ1v) is 21.3. The van der Waals surface area contributed by atoms with Gasteiger partial charge in [0, 0.05) is 13.0 Å². The molecule has 0 spiro atoms. The maximum Gasteiger partial charge on any atom is 0.472 e. The fraction of sp³-hybridized carbons (Fsp3) is 0.872. The van der Waals surface area contributed by atoms with Crippen molar-refractivity contribution in [1.82, 2.24) is 0 Å². The van der Waals surface area contributed by atoms with Gasteiger partial charge in [0.25, 0.3) is 0 Å². The quantitative estimate of drug-likeness (QED) is 0.0247. The van der Waals surface area contributed by atoms with Crippen LogP contribution in [0.5, 0.6) is 0 Å². The predicted octanol–water partition coefficient (Wildman–Crippen LogP) is 10.3. The van der Waals surface area contributed by atoms with Gasteiger partial charge in [0.05, 0.1) is 26.4 Å². The lowest BCUT2D eigenvalue weighted by atomic mass is 10.0. The van der Waals surface area contributed by atoms with Crippen LogP contribution < -0.4 is 0 Å². The lowest BCUT2D eigenvalue weighted by Gasteiger charge is -2.20. The van der Waals surface area contributed by atoms with Gasteiger partial charge in [-0.3, -0.25) is 13.8 Å². The van der Waals surface area contributed by atoms with E-state index >= 15 is 0 Å². The summed E-state index contributed by atoms with van der Waals surface area (Å²) in [5.74, 6) is -0.395. The number of aliphatic hydroxyl groups is 2. The highest BCUT2D eigenvalue weighted by Crippen LogP contribution is 2.43. The minimum absolute atomic E-state index is 0.0471. The van der Waals surface area contributed by atoms with E-state index in [0.29, 0.717) is 13.0 Å². The van der Waals surface area contributed by atoms with Crippen LogP contribution >= 0.6 is 7.82 Å². The molecule has 290 valence electrons. The second kappa shape index (κ2) is 36.7. The Morgan fingerprint density at radius 2 is 1.12 bits per heavy atom. The van der Waals surface area contributed by atoms with E-state index in [-0.39, 0.29) is 19.6 Å². The molecule has 0 rings (SSSR count). The second-order valence-electron chi connectivity index (χ2n) is 13.3. The molecule has 3 N–H and O–H groups in total. The van der Waals surface area contributed by atoms with Crippen LogP contribution in [0, 0.1) is 0 Å². The van der Waals surface area contributed by atoms with Crippen molar-refractivity contribution in [2.75, 3.05) is 33.0 Å². The van der Waals surface area contributed by atoms with Gasteiger partial charge < -0.3 is 24.6 Å². The number of rotatable bonds is 38. The molecule has 0 aromatic carbocycles. The van der Waals surface area contributed by atoms with Gasteiger partial charge in [-0.05, 0) is 38.5 Å². The average molecular weight is 719 g/mol. The molecule has 0 aliphatic carbocycles. The summed E-state index contributed by atoms with van der Waals surface area (Å²) in [4.78, 5) is 22.5. The Hall–Kier alpha value is -1.06. The number of allylic oxidation sites excluding steroid dienone is 4. The summed E-state index contributed by atoms with van der Waals surface area (Å²) in [6.07, 6.45) is 35.6. The molecule has 0 aromatic heterocycles. The summed E-state index contributed by atoms with van der Waals surface area (Å²) < 4.78 is 33.2. The highest BCUT2D eigenvalue weighted by Gasteiger charge is 2.26. The Kier molecular flexibility index (Phi) is 35.9. The third-order valence-electron chi connectivity index (χ3n) is 8.39. The number of carbonyl (C=O) groups excluding carboxylic acids is 1. The molecule has 0 saturated heterocycles. The van der Waals surface area contributed by atoms with Crippen molar-refractivity contribution < 1.29 is 43.0 Å². The summed E-state index contributed by atoms with van der Waals surface area (Å²) >= 11 is 0. The Morgan fingerprint density at radius 3 is 1.69 bits per heavy atom. The molecule has 0 aromatic rings. The van der Waals surface area contributed by atoms with Crippen molar-refractivity contribution in [1.29, 1.82) is 0 Å². The molecule has 0 bridgehead atoms. The van der Waals surface area contributed by atoms with Gasteiger partial charge in [0.2, 0.25) is 0 Å². The second-order valence-corrected chi connectivity index (χ2v) is 14.8. The standard InChI is InChI=1S/C39H75O9P/c1-3-5-7-9-11-13-15-17-19-21-23-25-27-29-31-39(42)48-38(36-47-49(43,44)46-34-37(41)33-40)35-45-32-30-28-26-24-22-20-18-16-14-12-10-8-6-4-2/h9,11,15,17,37-38,40-41H,3-8,10,12-14,16,18-36H2,1-2H3,(H,43,44)/b11-9-,17-15-/t37-,38+/m0/s1. The van der Waals surface area contributed by atoms with Crippen molar-refractivity contribution in [3.05, 3.63) is 24.3 Å². The highest BCUT2D eigenvalue weighted by molar-refractivity contribution is 7.47.